The van der Waals surface area contributed by atoms with E-state index in [2.05, 4.69) is 5.10 Å². The van der Waals surface area contributed by atoms with Crippen LogP contribution in [0.5, 0.6) is 0 Å². The van der Waals surface area contributed by atoms with Crippen molar-refractivity contribution in [2.75, 3.05) is 36.6 Å². The zero-order chi connectivity index (χ0) is 14.9. The van der Waals surface area contributed by atoms with Gasteiger partial charge in [-0.2, -0.15) is 5.10 Å². The van der Waals surface area contributed by atoms with Crippen LogP contribution in [0.25, 0.3) is 0 Å². The van der Waals surface area contributed by atoms with Crippen molar-refractivity contribution in [2.24, 2.45) is 0 Å². The van der Waals surface area contributed by atoms with E-state index in [0.717, 1.165) is 6.26 Å². The van der Waals surface area contributed by atoms with Crippen molar-refractivity contribution < 1.29 is 18.6 Å². The van der Waals surface area contributed by atoms with E-state index >= 15 is 0 Å². The quantitative estimate of drug-likeness (QED) is 0.640. The summed E-state index contributed by atoms with van der Waals surface area (Å²) >= 11 is 0. The molecule has 1 saturated heterocycles. The molecule has 0 unspecified atom stereocenters. The fourth-order valence-electron chi connectivity index (χ4n) is 2.35. The van der Waals surface area contributed by atoms with Crippen molar-refractivity contribution in [3.8, 4) is 0 Å². The van der Waals surface area contributed by atoms with E-state index in [1.54, 1.807) is 0 Å². The standard InChI is InChI=1S/C11H20N4O4S/c1-20(18,19)9-10(12)15(6-7-16)13-11(9)14-4-2-8(17)3-5-14/h8,16-17H,2-7,12H2,1H3. The summed E-state index contributed by atoms with van der Waals surface area (Å²) in [7, 11) is -3.52. The largest absolute Gasteiger partial charge is 0.394 e. The van der Waals surface area contributed by atoms with E-state index in [1.165, 1.54) is 4.68 Å². The molecule has 4 N–H and O–H groups in total. The molecule has 0 spiro atoms. The number of nitrogens with two attached hydrogens (primary N) is 1. The number of nitrogens with zero attached hydrogens (tertiary/aromatic N) is 3. The average molecular weight is 304 g/mol. The van der Waals surface area contributed by atoms with Crippen molar-refractivity contribution in [1.82, 2.24) is 9.78 Å². The Morgan fingerprint density at radius 2 is 2.00 bits per heavy atom. The number of rotatable bonds is 4. The third-order valence-electron chi connectivity index (χ3n) is 3.38. The van der Waals surface area contributed by atoms with Crippen molar-refractivity contribution in [3.63, 3.8) is 0 Å². The summed E-state index contributed by atoms with van der Waals surface area (Å²) in [6.45, 7) is 1.02. The number of aliphatic hydroxyl groups excluding tert-OH is 2. The number of anilines is 2. The van der Waals surface area contributed by atoms with Crippen LogP contribution in [0.1, 0.15) is 12.8 Å². The Labute approximate surface area is 117 Å². The van der Waals surface area contributed by atoms with E-state index in [4.69, 9.17) is 10.8 Å². The summed E-state index contributed by atoms with van der Waals surface area (Å²) in [6, 6.07) is 0. The number of hydrogen-bond donors (Lipinski definition) is 3. The third kappa shape index (κ3) is 2.89. The number of sulfone groups is 1. The Morgan fingerprint density at radius 3 is 2.50 bits per heavy atom. The fourth-order valence-corrected chi connectivity index (χ4v) is 3.34. The first-order chi connectivity index (χ1) is 9.34. The van der Waals surface area contributed by atoms with Gasteiger partial charge in [0.15, 0.2) is 20.6 Å². The summed E-state index contributed by atoms with van der Waals surface area (Å²) in [5.41, 5.74) is 5.84. The highest BCUT2D eigenvalue weighted by Crippen LogP contribution is 2.31. The Kier molecular flexibility index (Phi) is 4.21. The lowest BCUT2D eigenvalue weighted by Gasteiger charge is -2.30. The molecule has 8 nitrogen and oxygen atoms in total. The first-order valence-electron chi connectivity index (χ1n) is 6.44. The molecular weight excluding hydrogens is 284 g/mol. The van der Waals surface area contributed by atoms with Gasteiger partial charge in [-0.3, -0.25) is 0 Å². The fraction of sp³-hybridized carbons (Fsp3) is 0.727. The lowest BCUT2D eigenvalue weighted by atomic mass is 10.1. The summed E-state index contributed by atoms with van der Waals surface area (Å²) in [5.74, 6) is 0.355. The van der Waals surface area contributed by atoms with Crippen LogP contribution in [0.2, 0.25) is 0 Å². The van der Waals surface area contributed by atoms with Gasteiger partial charge >= 0.3 is 0 Å². The summed E-state index contributed by atoms with van der Waals surface area (Å²) in [5, 5.41) is 22.7. The minimum Gasteiger partial charge on any atom is -0.394 e. The van der Waals surface area contributed by atoms with Gasteiger partial charge in [-0.1, -0.05) is 0 Å². The number of aromatic nitrogens is 2. The van der Waals surface area contributed by atoms with Gasteiger partial charge < -0.3 is 20.8 Å². The number of piperidine rings is 1. The maximum absolute atomic E-state index is 11.9. The molecule has 1 aromatic heterocycles. The molecule has 2 heterocycles. The van der Waals surface area contributed by atoms with Crippen LogP contribution >= 0.6 is 0 Å². The van der Waals surface area contributed by atoms with E-state index in [-0.39, 0.29) is 30.0 Å². The predicted octanol–water partition coefficient (Wildman–Crippen LogP) is -1.18. The van der Waals surface area contributed by atoms with Gasteiger partial charge in [0.2, 0.25) is 0 Å². The van der Waals surface area contributed by atoms with Crippen LogP contribution in [0, 0.1) is 0 Å². The highest BCUT2D eigenvalue weighted by Gasteiger charge is 2.29. The first kappa shape index (κ1) is 15.1. The molecule has 0 bridgehead atoms. The monoisotopic (exact) mass is 304 g/mol. The Morgan fingerprint density at radius 1 is 1.40 bits per heavy atom. The van der Waals surface area contributed by atoms with Crippen LogP contribution in [0.4, 0.5) is 11.6 Å². The molecule has 0 saturated carbocycles. The van der Waals surface area contributed by atoms with E-state index in [0.29, 0.717) is 31.7 Å². The predicted molar refractivity (Wildman–Crippen MR) is 74.3 cm³/mol. The van der Waals surface area contributed by atoms with Gasteiger partial charge in [0, 0.05) is 19.3 Å². The zero-order valence-electron chi connectivity index (χ0n) is 11.4. The molecule has 0 aromatic carbocycles. The van der Waals surface area contributed by atoms with Crippen LogP contribution < -0.4 is 10.6 Å². The van der Waals surface area contributed by atoms with Crippen molar-refractivity contribution in [1.29, 1.82) is 0 Å². The maximum Gasteiger partial charge on any atom is 0.182 e. The molecule has 1 aromatic rings. The lowest BCUT2D eigenvalue weighted by molar-refractivity contribution is 0.145. The van der Waals surface area contributed by atoms with Gasteiger partial charge in [-0.15, -0.1) is 0 Å². The van der Waals surface area contributed by atoms with Crippen molar-refractivity contribution in [2.45, 2.75) is 30.4 Å². The van der Waals surface area contributed by atoms with Gasteiger partial charge in [0.1, 0.15) is 5.82 Å². The second-order valence-electron chi connectivity index (χ2n) is 4.98. The SMILES string of the molecule is CS(=O)(=O)c1c(N2CCC(O)CC2)nn(CCO)c1N. The zero-order valence-corrected chi connectivity index (χ0v) is 12.2. The second-order valence-corrected chi connectivity index (χ2v) is 6.93. The highest BCUT2D eigenvalue weighted by atomic mass is 32.2. The van der Waals surface area contributed by atoms with Crippen LogP contribution in [-0.2, 0) is 16.4 Å². The van der Waals surface area contributed by atoms with Crippen LogP contribution in [-0.4, -0.2) is 60.5 Å². The minimum atomic E-state index is -3.52. The summed E-state index contributed by atoms with van der Waals surface area (Å²) in [6.07, 6.45) is 1.86. The molecule has 2 rings (SSSR count). The van der Waals surface area contributed by atoms with Crippen LogP contribution in [0.3, 0.4) is 0 Å². The Bertz CT molecular complexity index is 575. The van der Waals surface area contributed by atoms with Gasteiger partial charge in [-0.05, 0) is 12.8 Å². The normalized spacial score (nSPS) is 17.6. The number of hydrogen-bond acceptors (Lipinski definition) is 7. The summed E-state index contributed by atoms with van der Waals surface area (Å²) < 4.78 is 25.2. The molecular formula is C11H20N4O4S. The molecule has 0 amide bonds. The molecule has 20 heavy (non-hydrogen) atoms. The Hall–Kier alpha value is -1.32. The number of aliphatic hydroxyl groups is 2. The minimum absolute atomic E-state index is 0.00217. The molecule has 1 aliphatic rings. The smallest absolute Gasteiger partial charge is 0.182 e. The lowest BCUT2D eigenvalue weighted by Crippen LogP contribution is -2.36. The maximum atomic E-state index is 11.9. The van der Waals surface area contributed by atoms with Gasteiger partial charge in [0.25, 0.3) is 0 Å². The second kappa shape index (κ2) is 5.58. The van der Waals surface area contributed by atoms with Crippen LogP contribution in [0.15, 0.2) is 4.90 Å². The molecule has 0 radical (unpaired) electrons. The number of nitrogen functional groups attached to an aromatic ring is 1. The average Bonchev–Trinajstić information content (AvgIpc) is 2.68. The molecule has 114 valence electrons. The Balaban J connectivity index is 2.43. The highest BCUT2D eigenvalue weighted by molar-refractivity contribution is 7.91. The summed E-state index contributed by atoms with van der Waals surface area (Å²) in [4.78, 5) is 1.82. The molecule has 0 aliphatic carbocycles. The van der Waals surface area contributed by atoms with Crippen molar-refractivity contribution >= 4 is 21.5 Å². The molecule has 1 aliphatic heterocycles. The van der Waals surface area contributed by atoms with Crippen molar-refractivity contribution in [3.05, 3.63) is 0 Å². The van der Waals surface area contributed by atoms with E-state index < -0.39 is 9.84 Å². The molecule has 1 fully saturated rings. The first-order valence-corrected chi connectivity index (χ1v) is 8.34. The van der Waals surface area contributed by atoms with Gasteiger partial charge in [0.05, 0.1) is 19.3 Å². The van der Waals surface area contributed by atoms with E-state index in [1.807, 2.05) is 4.90 Å². The molecule has 9 heteroatoms. The molecule has 0 atom stereocenters. The topological polar surface area (TPSA) is 122 Å². The van der Waals surface area contributed by atoms with E-state index in [9.17, 15) is 13.5 Å². The van der Waals surface area contributed by atoms with Gasteiger partial charge in [-0.25, -0.2) is 13.1 Å². The third-order valence-corrected chi connectivity index (χ3v) is 4.51.